The van der Waals surface area contributed by atoms with Gasteiger partial charge < -0.3 is 10.4 Å². The van der Waals surface area contributed by atoms with E-state index in [0.717, 1.165) is 14.4 Å². The zero-order chi connectivity index (χ0) is 13.3. The average Bonchev–Trinajstić information content (AvgIpc) is 2.85. The van der Waals surface area contributed by atoms with Crippen LogP contribution in [0.25, 0.3) is 0 Å². The quantitative estimate of drug-likeness (QED) is 0.785. The second kappa shape index (κ2) is 5.33. The summed E-state index contributed by atoms with van der Waals surface area (Å²) in [5.41, 5.74) is 0.979. The van der Waals surface area contributed by atoms with Gasteiger partial charge in [0.15, 0.2) is 0 Å². The highest BCUT2D eigenvalue weighted by Gasteiger charge is 2.20. The van der Waals surface area contributed by atoms with Crippen LogP contribution in [0, 0.1) is 9.81 Å². The first-order valence-electron chi connectivity index (χ1n) is 4.74. The van der Waals surface area contributed by atoms with Gasteiger partial charge in [0, 0.05) is 5.38 Å². The first kappa shape index (κ1) is 13.4. The standard InChI is InChI=1S/C10H7IN2O3S2/c1-4-7(10(15)16)9(18-13-4)12-8(14)5-2-6(11)17-3-5/h2-3H,1H3,(H,12,14)(H,15,16). The number of carboxylic acid groups (broad SMARTS) is 1. The number of rotatable bonds is 3. The van der Waals surface area contributed by atoms with E-state index in [1.165, 1.54) is 11.3 Å². The molecule has 8 heteroatoms. The molecule has 0 atom stereocenters. The fourth-order valence-corrected chi connectivity index (χ4v) is 3.42. The van der Waals surface area contributed by atoms with Gasteiger partial charge >= 0.3 is 5.97 Å². The van der Waals surface area contributed by atoms with Crippen molar-refractivity contribution >= 4 is 62.3 Å². The Balaban J connectivity index is 2.25. The lowest BCUT2D eigenvalue weighted by molar-refractivity contribution is 0.0697. The highest BCUT2D eigenvalue weighted by molar-refractivity contribution is 14.1. The van der Waals surface area contributed by atoms with Gasteiger partial charge in [0.05, 0.1) is 14.1 Å². The molecule has 0 unspecified atom stereocenters. The first-order chi connectivity index (χ1) is 8.49. The number of carbonyl (C=O) groups excluding carboxylic acids is 1. The molecule has 2 aromatic heterocycles. The Labute approximate surface area is 124 Å². The molecule has 2 aromatic rings. The van der Waals surface area contributed by atoms with E-state index in [1.54, 1.807) is 18.4 Å². The van der Waals surface area contributed by atoms with Gasteiger partial charge in [-0.3, -0.25) is 4.79 Å². The molecular formula is C10H7IN2O3S2. The predicted molar refractivity (Wildman–Crippen MR) is 78.8 cm³/mol. The molecule has 1 amide bonds. The van der Waals surface area contributed by atoms with Gasteiger partial charge in [0.2, 0.25) is 0 Å². The number of hydrogen-bond acceptors (Lipinski definition) is 5. The summed E-state index contributed by atoms with van der Waals surface area (Å²) in [6.45, 7) is 1.60. The summed E-state index contributed by atoms with van der Waals surface area (Å²) in [6.07, 6.45) is 0. The number of aromatic carboxylic acids is 1. The summed E-state index contributed by atoms with van der Waals surface area (Å²) in [5.74, 6) is -1.41. The molecule has 0 spiro atoms. The third-order valence-electron chi connectivity index (χ3n) is 2.13. The number of anilines is 1. The van der Waals surface area contributed by atoms with Crippen LogP contribution >= 0.6 is 45.5 Å². The number of aryl methyl sites for hydroxylation is 1. The number of thiophene rings is 1. The van der Waals surface area contributed by atoms with Crippen molar-refractivity contribution in [3.05, 3.63) is 31.2 Å². The van der Waals surface area contributed by atoms with Crippen LogP contribution in [-0.2, 0) is 0 Å². The zero-order valence-electron chi connectivity index (χ0n) is 9.06. The summed E-state index contributed by atoms with van der Waals surface area (Å²) < 4.78 is 4.93. The molecule has 0 aliphatic carbocycles. The maximum absolute atomic E-state index is 11.9. The molecule has 94 valence electrons. The van der Waals surface area contributed by atoms with E-state index in [-0.39, 0.29) is 16.5 Å². The van der Waals surface area contributed by atoms with E-state index in [4.69, 9.17) is 5.11 Å². The van der Waals surface area contributed by atoms with Crippen molar-refractivity contribution in [2.75, 3.05) is 5.32 Å². The highest BCUT2D eigenvalue weighted by Crippen LogP contribution is 2.25. The number of nitrogens with one attached hydrogen (secondary N) is 1. The molecule has 0 aliphatic heterocycles. The molecule has 0 aromatic carbocycles. The van der Waals surface area contributed by atoms with Crippen molar-refractivity contribution in [3.63, 3.8) is 0 Å². The molecule has 2 N–H and O–H groups in total. The summed E-state index contributed by atoms with van der Waals surface area (Å²) in [6, 6.07) is 1.74. The smallest absolute Gasteiger partial charge is 0.340 e. The topological polar surface area (TPSA) is 79.3 Å². The third kappa shape index (κ3) is 2.70. The molecule has 0 fully saturated rings. The molecular weight excluding hydrogens is 387 g/mol. The number of amides is 1. The van der Waals surface area contributed by atoms with Crippen molar-refractivity contribution in [3.8, 4) is 0 Å². The third-order valence-corrected chi connectivity index (χ3v) is 4.78. The Morgan fingerprint density at radius 2 is 2.22 bits per heavy atom. The van der Waals surface area contributed by atoms with Gasteiger partial charge in [0.25, 0.3) is 5.91 Å². The lowest BCUT2D eigenvalue weighted by Gasteiger charge is -2.01. The van der Waals surface area contributed by atoms with Crippen LogP contribution in [0.15, 0.2) is 11.4 Å². The van der Waals surface area contributed by atoms with Crippen molar-refractivity contribution in [1.29, 1.82) is 0 Å². The number of carboxylic acids is 1. The average molecular weight is 394 g/mol. The lowest BCUT2D eigenvalue weighted by Crippen LogP contribution is -2.12. The number of hydrogen-bond donors (Lipinski definition) is 2. The van der Waals surface area contributed by atoms with E-state index >= 15 is 0 Å². The van der Waals surface area contributed by atoms with Crippen LogP contribution in [0.4, 0.5) is 5.00 Å². The van der Waals surface area contributed by atoms with Crippen LogP contribution in [0.2, 0.25) is 0 Å². The maximum Gasteiger partial charge on any atom is 0.340 e. The minimum atomic E-state index is -1.09. The van der Waals surface area contributed by atoms with E-state index in [0.29, 0.717) is 11.3 Å². The Morgan fingerprint density at radius 1 is 1.50 bits per heavy atom. The molecule has 0 bridgehead atoms. The number of aromatic nitrogens is 1. The van der Waals surface area contributed by atoms with Crippen LogP contribution in [0.3, 0.4) is 0 Å². The second-order valence-electron chi connectivity index (χ2n) is 3.37. The Morgan fingerprint density at radius 3 is 2.78 bits per heavy atom. The van der Waals surface area contributed by atoms with E-state index in [9.17, 15) is 9.59 Å². The lowest BCUT2D eigenvalue weighted by atomic mass is 10.2. The van der Waals surface area contributed by atoms with E-state index < -0.39 is 5.97 Å². The summed E-state index contributed by atoms with van der Waals surface area (Å²) in [5, 5.41) is 13.6. The van der Waals surface area contributed by atoms with Crippen molar-refractivity contribution in [2.24, 2.45) is 0 Å². The van der Waals surface area contributed by atoms with Crippen LogP contribution in [0.1, 0.15) is 26.4 Å². The van der Waals surface area contributed by atoms with E-state index in [2.05, 4.69) is 32.3 Å². The fraction of sp³-hybridized carbons (Fsp3) is 0.100. The van der Waals surface area contributed by atoms with Gasteiger partial charge in [-0.15, -0.1) is 11.3 Å². The summed E-state index contributed by atoms with van der Waals surface area (Å²) in [7, 11) is 0. The molecule has 0 aliphatic rings. The molecule has 5 nitrogen and oxygen atoms in total. The maximum atomic E-state index is 11.9. The van der Waals surface area contributed by atoms with Gasteiger partial charge in [-0.25, -0.2) is 4.79 Å². The van der Waals surface area contributed by atoms with Crippen molar-refractivity contribution in [2.45, 2.75) is 6.92 Å². The molecule has 18 heavy (non-hydrogen) atoms. The Hall–Kier alpha value is -1.00. The SMILES string of the molecule is Cc1nsc(NC(=O)c2csc(I)c2)c1C(=O)O. The number of nitrogens with zero attached hydrogens (tertiary/aromatic N) is 1. The molecule has 2 heterocycles. The van der Waals surface area contributed by atoms with Crippen LogP contribution < -0.4 is 5.32 Å². The largest absolute Gasteiger partial charge is 0.478 e. The number of halogens is 1. The molecule has 0 saturated carbocycles. The Kier molecular flexibility index (Phi) is 3.97. The minimum absolute atomic E-state index is 0.0540. The van der Waals surface area contributed by atoms with Gasteiger partial charge in [-0.2, -0.15) is 4.37 Å². The zero-order valence-corrected chi connectivity index (χ0v) is 12.9. The minimum Gasteiger partial charge on any atom is -0.478 e. The van der Waals surface area contributed by atoms with Crippen LogP contribution in [0.5, 0.6) is 0 Å². The second-order valence-corrected chi connectivity index (χ2v) is 6.95. The summed E-state index contributed by atoms with van der Waals surface area (Å²) >= 11 is 4.55. The van der Waals surface area contributed by atoms with Crippen LogP contribution in [-0.4, -0.2) is 21.4 Å². The monoisotopic (exact) mass is 394 g/mol. The highest BCUT2D eigenvalue weighted by atomic mass is 127. The molecule has 0 radical (unpaired) electrons. The van der Waals surface area contributed by atoms with Gasteiger partial charge in [0.1, 0.15) is 10.6 Å². The van der Waals surface area contributed by atoms with Gasteiger partial charge in [-0.1, -0.05) is 0 Å². The summed E-state index contributed by atoms with van der Waals surface area (Å²) in [4.78, 5) is 22.9. The normalized spacial score (nSPS) is 10.3. The Bertz CT molecular complexity index is 620. The van der Waals surface area contributed by atoms with Gasteiger partial charge in [-0.05, 0) is 47.1 Å². The first-order valence-corrected chi connectivity index (χ1v) is 7.47. The molecule has 0 saturated heterocycles. The van der Waals surface area contributed by atoms with Crippen molar-refractivity contribution in [1.82, 2.24) is 4.37 Å². The fourth-order valence-electron chi connectivity index (χ4n) is 1.31. The molecule has 2 rings (SSSR count). The predicted octanol–water partition coefficient (Wildman–Crippen LogP) is 3.07. The number of carbonyl (C=O) groups is 2. The van der Waals surface area contributed by atoms with Crippen molar-refractivity contribution < 1.29 is 14.7 Å². The van der Waals surface area contributed by atoms with E-state index in [1.807, 2.05) is 0 Å².